The van der Waals surface area contributed by atoms with Gasteiger partial charge in [-0.3, -0.25) is 0 Å². The number of halogens is 1. The minimum Gasteiger partial charge on any atom is -0.380 e. The lowest BCUT2D eigenvalue weighted by Gasteiger charge is -2.13. The average molecular weight is 271 g/mol. The van der Waals surface area contributed by atoms with Crippen LogP contribution in [0.2, 0.25) is 5.15 Å². The van der Waals surface area contributed by atoms with Crippen LogP contribution in [-0.4, -0.2) is 35.4 Å². The van der Waals surface area contributed by atoms with Crippen molar-refractivity contribution in [1.82, 2.24) is 9.97 Å². The molecule has 1 aromatic rings. The lowest BCUT2D eigenvalue weighted by molar-refractivity contribution is 0.158. The minimum atomic E-state index is 0.354. The van der Waals surface area contributed by atoms with Gasteiger partial charge >= 0.3 is 0 Å². The number of nitrogens with zero attached hydrogens (tertiary/aromatic N) is 2. The largest absolute Gasteiger partial charge is 0.380 e. The second kappa shape index (κ2) is 7.28. The van der Waals surface area contributed by atoms with E-state index in [0.717, 1.165) is 0 Å². The number of aromatic nitrogens is 2. The van der Waals surface area contributed by atoms with E-state index >= 15 is 0 Å². The molecule has 5 nitrogen and oxygen atoms in total. The summed E-state index contributed by atoms with van der Waals surface area (Å²) in [5, 5.41) is 11.4. The summed E-state index contributed by atoms with van der Waals surface area (Å²) in [5.41, 5.74) is 1.64. The van der Waals surface area contributed by atoms with Crippen LogP contribution in [0.4, 0.5) is 5.69 Å². The van der Waals surface area contributed by atoms with Crippen molar-refractivity contribution in [3.8, 4) is 0 Å². The number of nitrogens with one attached hydrogen (secondary N) is 2. The van der Waals surface area contributed by atoms with Gasteiger partial charge in [-0.05, 0) is 20.3 Å². The number of aryl methyl sites for hydroxylation is 1. The van der Waals surface area contributed by atoms with E-state index < -0.39 is 0 Å². The van der Waals surface area contributed by atoms with Crippen LogP contribution in [0.1, 0.15) is 31.8 Å². The second-order valence-corrected chi connectivity index (χ2v) is 4.10. The average Bonchev–Trinajstić information content (AvgIpc) is 2.35. The third-order valence-electron chi connectivity index (χ3n) is 2.37. The molecule has 100 valence electrons. The Morgan fingerprint density at radius 3 is 2.72 bits per heavy atom. The highest BCUT2D eigenvalue weighted by Crippen LogP contribution is 2.23. The van der Waals surface area contributed by atoms with Crippen LogP contribution < -0.4 is 5.32 Å². The van der Waals surface area contributed by atoms with E-state index in [1.807, 2.05) is 13.8 Å². The van der Waals surface area contributed by atoms with E-state index in [1.165, 1.54) is 0 Å². The molecule has 0 aliphatic rings. The molecular formula is C12H19ClN4O. The van der Waals surface area contributed by atoms with Gasteiger partial charge in [-0.15, -0.1) is 0 Å². The van der Waals surface area contributed by atoms with Crippen molar-refractivity contribution in [3.05, 3.63) is 16.7 Å². The Bertz CT molecular complexity index is 423. The molecule has 0 unspecified atom stereocenters. The van der Waals surface area contributed by atoms with Gasteiger partial charge in [0.2, 0.25) is 0 Å². The quantitative estimate of drug-likeness (QED) is 0.454. The molecule has 1 heterocycles. The Morgan fingerprint density at radius 2 is 2.11 bits per heavy atom. The first kappa shape index (κ1) is 14.9. The Hall–Kier alpha value is -1.20. The molecule has 6 heteroatoms. The van der Waals surface area contributed by atoms with E-state index in [2.05, 4.69) is 15.3 Å². The lowest BCUT2D eigenvalue weighted by atomic mass is 10.2. The number of hydrogen-bond donors (Lipinski definition) is 2. The van der Waals surface area contributed by atoms with Gasteiger partial charge in [-0.25, -0.2) is 9.97 Å². The maximum atomic E-state index is 7.91. The molecule has 0 saturated carbocycles. The van der Waals surface area contributed by atoms with E-state index in [4.69, 9.17) is 21.7 Å². The van der Waals surface area contributed by atoms with E-state index in [0.29, 0.717) is 54.2 Å². The third-order valence-corrected chi connectivity index (χ3v) is 2.64. The predicted octanol–water partition coefficient (Wildman–Crippen LogP) is 2.66. The molecule has 1 rings (SSSR count). The van der Waals surface area contributed by atoms with Gasteiger partial charge in [-0.2, -0.15) is 0 Å². The molecule has 0 aromatic carbocycles. The molecule has 0 fully saturated rings. The molecule has 0 amide bonds. The highest BCUT2D eigenvalue weighted by Gasteiger charge is 2.14. The van der Waals surface area contributed by atoms with Crippen molar-refractivity contribution in [2.45, 2.75) is 27.2 Å². The molecule has 18 heavy (non-hydrogen) atoms. The molecule has 0 bridgehead atoms. The monoisotopic (exact) mass is 270 g/mol. The minimum absolute atomic E-state index is 0.354. The van der Waals surface area contributed by atoms with E-state index in [1.54, 1.807) is 6.92 Å². The Balaban J connectivity index is 2.90. The summed E-state index contributed by atoms with van der Waals surface area (Å²) in [6, 6.07) is 0. The zero-order chi connectivity index (χ0) is 13.5. The van der Waals surface area contributed by atoms with Crippen molar-refractivity contribution in [1.29, 1.82) is 5.41 Å². The summed E-state index contributed by atoms with van der Waals surface area (Å²) >= 11 is 6.10. The van der Waals surface area contributed by atoms with Gasteiger partial charge < -0.3 is 15.5 Å². The highest BCUT2D eigenvalue weighted by molar-refractivity contribution is 6.32. The molecule has 2 N–H and O–H groups in total. The normalized spacial score (nSPS) is 10.4. The summed E-state index contributed by atoms with van der Waals surface area (Å²) < 4.78 is 5.25. The predicted molar refractivity (Wildman–Crippen MR) is 73.9 cm³/mol. The van der Waals surface area contributed by atoms with Crippen LogP contribution in [0.25, 0.3) is 0 Å². The molecular weight excluding hydrogens is 252 g/mol. The van der Waals surface area contributed by atoms with Crippen molar-refractivity contribution < 1.29 is 4.74 Å². The first-order valence-electron chi connectivity index (χ1n) is 6.03. The molecule has 1 aromatic heterocycles. The van der Waals surface area contributed by atoms with E-state index in [-0.39, 0.29) is 0 Å². The number of ether oxygens (including phenoxy) is 1. The fourth-order valence-corrected chi connectivity index (χ4v) is 1.75. The molecule has 0 saturated heterocycles. The molecule has 0 aliphatic heterocycles. The van der Waals surface area contributed by atoms with E-state index in [9.17, 15) is 0 Å². The summed E-state index contributed by atoms with van der Waals surface area (Å²) in [5.74, 6) is 0.573. The second-order valence-electron chi connectivity index (χ2n) is 3.74. The molecule has 0 radical (unpaired) electrons. The van der Waals surface area contributed by atoms with Crippen LogP contribution in [0, 0.1) is 12.3 Å². The fourth-order valence-electron chi connectivity index (χ4n) is 1.47. The Morgan fingerprint density at radius 1 is 1.39 bits per heavy atom. The van der Waals surface area contributed by atoms with Gasteiger partial charge in [0, 0.05) is 13.2 Å². The topological polar surface area (TPSA) is 70.9 Å². The molecule has 0 spiro atoms. The SMILES string of the molecule is CCOCCNc1c(Cl)nc(C)nc1C(=N)CC. The number of rotatable bonds is 7. The summed E-state index contributed by atoms with van der Waals surface area (Å²) in [4.78, 5) is 8.38. The third kappa shape index (κ3) is 3.92. The zero-order valence-corrected chi connectivity index (χ0v) is 11.8. The summed E-state index contributed by atoms with van der Waals surface area (Å²) in [6.07, 6.45) is 0.604. The molecule has 0 atom stereocenters. The molecule has 0 aliphatic carbocycles. The van der Waals surface area contributed by atoms with Crippen molar-refractivity contribution >= 4 is 23.0 Å². The van der Waals surface area contributed by atoms with Gasteiger partial charge in [0.1, 0.15) is 17.2 Å². The van der Waals surface area contributed by atoms with Crippen LogP contribution in [0.3, 0.4) is 0 Å². The van der Waals surface area contributed by atoms with Crippen LogP contribution >= 0.6 is 11.6 Å². The van der Waals surface area contributed by atoms with Crippen molar-refractivity contribution in [2.24, 2.45) is 0 Å². The van der Waals surface area contributed by atoms with Crippen molar-refractivity contribution in [2.75, 3.05) is 25.1 Å². The highest BCUT2D eigenvalue weighted by atomic mass is 35.5. The smallest absolute Gasteiger partial charge is 0.156 e. The first-order chi connectivity index (χ1) is 8.60. The number of hydrogen-bond acceptors (Lipinski definition) is 5. The van der Waals surface area contributed by atoms with Gasteiger partial charge in [0.15, 0.2) is 5.15 Å². The zero-order valence-electron chi connectivity index (χ0n) is 11.0. The maximum absolute atomic E-state index is 7.91. The van der Waals surface area contributed by atoms with Gasteiger partial charge in [-0.1, -0.05) is 18.5 Å². The standard InChI is InChI=1S/C12H19ClN4O/c1-4-9(14)10-11(15-6-7-18-5-2)12(13)17-8(3)16-10/h14-15H,4-7H2,1-3H3. The first-order valence-corrected chi connectivity index (χ1v) is 6.41. The van der Waals surface area contributed by atoms with Crippen LogP contribution in [-0.2, 0) is 4.74 Å². The Labute approximate surface area is 112 Å². The summed E-state index contributed by atoms with van der Waals surface area (Å²) in [7, 11) is 0. The maximum Gasteiger partial charge on any atom is 0.156 e. The van der Waals surface area contributed by atoms with Crippen LogP contribution in [0.15, 0.2) is 0 Å². The number of anilines is 1. The summed E-state index contributed by atoms with van der Waals surface area (Å²) in [6.45, 7) is 7.50. The van der Waals surface area contributed by atoms with Gasteiger partial charge in [0.25, 0.3) is 0 Å². The van der Waals surface area contributed by atoms with Crippen molar-refractivity contribution in [3.63, 3.8) is 0 Å². The van der Waals surface area contributed by atoms with Gasteiger partial charge in [0.05, 0.1) is 12.3 Å². The Kier molecular flexibility index (Phi) is 6.01. The fraction of sp³-hybridized carbons (Fsp3) is 0.583. The van der Waals surface area contributed by atoms with Crippen LogP contribution in [0.5, 0.6) is 0 Å². The lowest BCUT2D eigenvalue weighted by Crippen LogP contribution is -2.15.